The van der Waals surface area contributed by atoms with Gasteiger partial charge in [0.2, 0.25) is 0 Å². The maximum Gasteiger partial charge on any atom is 0.326 e. The van der Waals surface area contributed by atoms with E-state index in [1.165, 1.54) is 0 Å². The number of rotatable bonds is 11. The van der Waals surface area contributed by atoms with Gasteiger partial charge in [-0.1, -0.05) is 27.2 Å². The van der Waals surface area contributed by atoms with Crippen molar-refractivity contribution < 1.29 is 19.4 Å². The van der Waals surface area contributed by atoms with Crippen molar-refractivity contribution in [3.05, 3.63) is 0 Å². The van der Waals surface area contributed by atoms with Gasteiger partial charge in [0.15, 0.2) is 0 Å². The van der Waals surface area contributed by atoms with E-state index in [4.69, 9.17) is 9.84 Å². The molecular weight excluding hydrogens is 260 g/mol. The molecule has 0 aliphatic rings. The number of ether oxygens (including phenoxy) is 1. The molecule has 6 nitrogen and oxygen atoms in total. The van der Waals surface area contributed by atoms with Crippen LogP contribution in [0.3, 0.4) is 0 Å². The van der Waals surface area contributed by atoms with E-state index in [9.17, 15) is 9.59 Å². The van der Waals surface area contributed by atoms with Gasteiger partial charge in [-0.2, -0.15) is 0 Å². The SMILES string of the molecule is CCCCOCCCNC(=O)N[C@H](CC(C)C)C(=O)O. The van der Waals surface area contributed by atoms with Crippen LogP contribution in [0.15, 0.2) is 0 Å². The summed E-state index contributed by atoms with van der Waals surface area (Å²) in [6.07, 6.45) is 3.29. The third kappa shape index (κ3) is 10.6. The highest BCUT2D eigenvalue weighted by Crippen LogP contribution is 2.04. The lowest BCUT2D eigenvalue weighted by molar-refractivity contribution is -0.139. The minimum absolute atomic E-state index is 0.211. The maximum atomic E-state index is 11.5. The minimum atomic E-state index is -1.00. The van der Waals surface area contributed by atoms with E-state index in [2.05, 4.69) is 17.6 Å². The van der Waals surface area contributed by atoms with E-state index >= 15 is 0 Å². The molecule has 2 amide bonds. The Bertz CT molecular complexity index is 282. The fourth-order valence-corrected chi connectivity index (χ4v) is 1.63. The second-order valence-corrected chi connectivity index (χ2v) is 5.24. The fourth-order valence-electron chi connectivity index (χ4n) is 1.63. The Labute approximate surface area is 121 Å². The van der Waals surface area contributed by atoms with Crippen molar-refractivity contribution in [3.8, 4) is 0 Å². The van der Waals surface area contributed by atoms with E-state index in [0.717, 1.165) is 25.9 Å². The smallest absolute Gasteiger partial charge is 0.326 e. The van der Waals surface area contributed by atoms with E-state index in [1.54, 1.807) is 0 Å². The highest BCUT2D eigenvalue weighted by atomic mass is 16.5. The number of hydrogen-bond acceptors (Lipinski definition) is 3. The van der Waals surface area contributed by atoms with Crippen molar-refractivity contribution in [2.45, 2.75) is 52.5 Å². The normalized spacial score (nSPS) is 12.2. The van der Waals surface area contributed by atoms with Gasteiger partial charge in [-0.3, -0.25) is 0 Å². The van der Waals surface area contributed by atoms with Crippen LogP contribution >= 0.6 is 0 Å². The van der Waals surface area contributed by atoms with Gasteiger partial charge in [-0.15, -0.1) is 0 Å². The standard InChI is InChI=1S/C14H28N2O4/c1-4-5-8-20-9-6-7-15-14(19)16-12(13(17)18)10-11(2)3/h11-12H,4-10H2,1-3H3,(H,17,18)(H2,15,16,19)/t12-/m1/s1. The van der Waals surface area contributed by atoms with Crippen LogP contribution in [0.5, 0.6) is 0 Å². The first-order valence-corrected chi connectivity index (χ1v) is 7.32. The van der Waals surface area contributed by atoms with Crippen LogP contribution in [0.25, 0.3) is 0 Å². The van der Waals surface area contributed by atoms with Gasteiger partial charge in [0.25, 0.3) is 0 Å². The van der Waals surface area contributed by atoms with Gasteiger partial charge < -0.3 is 20.5 Å². The third-order valence-corrected chi connectivity index (χ3v) is 2.70. The van der Waals surface area contributed by atoms with E-state index < -0.39 is 18.0 Å². The molecule has 118 valence electrons. The molecule has 3 N–H and O–H groups in total. The number of carboxylic acid groups (broad SMARTS) is 1. The summed E-state index contributed by atoms with van der Waals surface area (Å²) in [7, 11) is 0. The van der Waals surface area contributed by atoms with Gasteiger partial charge in [-0.05, 0) is 25.2 Å². The number of carboxylic acids is 1. The number of nitrogens with one attached hydrogen (secondary N) is 2. The summed E-state index contributed by atoms with van der Waals surface area (Å²) >= 11 is 0. The lowest BCUT2D eigenvalue weighted by atomic mass is 10.0. The number of carbonyl (C=O) groups is 2. The molecule has 0 heterocycles. The van der Waals surface area contributed by atoms with Crippen molar-refractivity contribution in [1.82, 2.24) is 10.6 Å². The number of amides is 2. The predicted octanol–water partition coefficient (Wildman–Crippen LogP) is 1.99. The van der Waals surface area contributed by atoms with E-state index in [1.807, 2.05) is 13.8 Å². The van der Waals surface area contributed by atoms with Gasteiger partial charge >= 0.3 is 12.0 Å². The van der Waals surface area contributed by atoms with Crippen LogP contribution < -0.4 is 10.6 Å². The number of carbonyl (C=O) groups excluding carboxylic acids is 1. The molecule has 0 aliphatic heterocycles. The average Bonchev–Trinajstić information content (AvgIpc) is 2.36. The summed E-state index contributed by atoms with van der Waals surface area (Å²) in [5, 5.41) is 14.1. The molecule has 0 bridgehead atoms. The van der Waals surface area contributed by atoms with E-state index in [0.29, 0.717) is 19.6 Å². The van der Waals surface area contributed by atoms with Crippen molar-refractivity contribution in [1.29, 1.82) is 0 Å². The highest BCUT2D eigenvalue weighted by molar-refractivity contribution is 5.82. The molecule has 0 saturated carbocycles. The van der Waals surface area contributed by atoms with Crippen LogP contribution in [0.4, 0.5) is 4.79 Å². The second-order valence-electron chi connectivity index (χ2n) is 5.24. The largest absolute Gasteiger partial charge is 0.480 e. The second kappa shape index (κ2) is 11.5. The maximum absolute atomic E-state index is 11.5. The molecule has 0 rings (SSSR count). The zero-order valence-electron chi connectivity index (χ0n) is 12.8. The zero-order chi connectivity index (χ0) is 15.4. The Morgan fingerprint density at radius 1 is 1.20 bits per heavy atom. The predicted molar refractivity (Wildman–Crippen MR) is 77.8 cm³/mol. The van der Waals surface area contributed by atoms with Gasteiger partial charge in [0.1, 0.15) is 6.04 Å². The monoisotopic (exact) mass is 288 g/mol. The Kier molecular flexibility index (Phi) is 10.8. The van der Waals surface area contributed by atoms with Crippen molar-refractivity contribution >= 4 is 12.0 Å². The molecule has 0 aliphatic carbocycles. The lowest BCUT2D eigenvalue weighted by Gasteiger charge is -2.16. The average molecular weight is 288 g/mol. The lowest BCUT2D eigenvalue weighted by Crippen LogP contribution is -2.46. The van der Waals surface area contributed by atoms with Crippen LogP contribution in [0.2, 0.25) is 0 Å². The molecule has 0 saturated heterocycles. The number of urea groups is 1. The molecule has 0 fully saturated rings. The van der Waals surface area contributed by atoms with Crippen molar-refractivity contribution in [3.63, 3.8) is 0 Å². The molecule has 6 heteroatoms. The minimum Gasteiger partial charge on any atom is -0.480 e. The number of hydrogen-bond donors (Lipinski definition) is 3. The van der Waals surface area contributed by atoms with Gasteiger partial charge in [0, 0.05) is 19.8 Å². The first-order chi connectivity index (χ1) is 9.47. The summed E-state index contributed by atoms with van der Waals surface area (Å²) in [4.78, 5) is 22.5. The van der Waals surface area contributed by atoms with Crippen LogP contribution in [0, 0.1) is 5.92 Å². The Balaban J connectivity index is 3.72. The summed E-state index contributed by atoms with van der Waals surface area (Å²) in [5.74, 6) is -0.792. The molecule has 0 aromatic heterocycles. The molecule has 0 radical (unpaired) electrons. The first-order valence-electron chi connectivity index (χ1n) is 7.32. The summed E-state index contributed by atoms with van der Waals surface area (Å²) in [6.45, 7) is 7.77. The van der Waals surface area contributed by atoms with Crippen LogP contribution in [0.1, 0.15) is 46.5 Å². The molecule has 1 atom stereocenters. The quantitative estimate of drug-likeness (QED) is 0.507. The van der Waals surface area contributed by atoms with Gasteiger partial charge in [0.05, 0.1) is 0 Å². The number of unbranched alkanes of at least 4 members (excludes halogenated alkanes) is 1. The zero-order valence-corrected chi connectivity index (χ0v) is 12.8. The fraction of sp³-hybridized carbons (Fsp3) is 0.857. The Hall–Kier alpha value is -1.30. The topological polar surface area (TPSA) is 87.7 Å². The number of aliphatic carboxylic acids is 1. The van der Waals surface area contributed by atoms with Crippen molar-refractivity contribution in [2.24, 2.45) is 5.92 Å². The molecule has 0 spiro atoms. The van der Waals surface area contributed by atoms with Crippen LogP contribution in [-0.2, 0) is 9.53 Å². The summed E-state index contributed by atoms with van der Waals surface area (Å²) in [5.41, 5.74) is 0. The Morgan fingerprint density at radius 3 is 2.40 bits per heavy atom. The van der Waals surface area contributed by atoms with E-state index in [-0.39, 0.29) is 5.92 Å². The first kappa shape index (κ1) is 18.7. The van der Waals surface area contributed by atoms with Crippen molar-refractivity contribution in [2.75, 3.05) is 19.8 Å². The molecule has 0 unspecified atom stereocenters. The van der Waals surface area contributed by atoms with Gasteiger partial charge in [-0.25, -0.2) is 9.59 Å². The molecule has 0 aromatic carbocycles. The Morgan fingerprint density at radius 2 is 1.85 bits per heavy atom. The molecule has 0 aromatic rings. The van der Waals surface area contributed by atoms with Crippen LogP contribution in [-0.4, -0.2) is 42.9 Å². The highest BCUT2D eigenvalue weighted by Gasteiger charge is 2.20. The molecule has 20 heavy (non-hydrogen) atoms. The summed E-state index contributed by atoms with van der Waals surface area (Å²) < 4.78 is 5.36. The summed E-state index contributed by atoms with van der Waals surface area (Å²) in [6, 6.07) is -1.28. The third-order valence-electron chi connectivity index (χ3n) is 2.70. The molecular formula is C14H28N2O4.